The van der Waals surface area contributed by atoms with Crippen LogP contribution in [0, 0.1) is 6.07 Å². The van der Waals surface area contributed by atoms with E-state index >= 15 is 0 Å². The Kier molecular flexibility index (Phi) is 6.21. The van der Waals surface area contributed by atoms with Crippen LogP contribution in [0.4, 0.5) is 39.5 Å². The lowest BCUT2D eigenvalue weighted by atomic mass is 10.1. The Morgan fingerprint density at radius 3 is 1.84 bits per heavy atom. The number of nitrogens with one attached hydrogen (secondary N) is 1. The van der Waals surface area contributed by atoms with Crippen LogP contribution in [-0.4, -0.2) is 13.4 Å². The van der Waals surface area contributed by atoms with E-state index < -0.39 is 66.3 Å². The first-order chi connectivity index (χ1) is 17.0. The molecular formula is C23H11F9NO3S. The molecule has 0 saturated carbocycles. The number of ether oxygens (including phenoxy) is 1. The van der Waals surface area contributed by atoms with Crippen molar-refractivity contribution >= 4 is 20.7 Å². The second-order valence-corrected chi connectivity index (χ2v) is 9.51. The highest BCUT2D eigenvalue weighted by Gasteiger charge is 2.42. The third kappa shape index (κ3) is 5.10. The molecule has 37 heavy (non-hydrogen) atoms. The minimum Gasteiger partial charge on any atom is -0.456 e. The lowest BCUT2D eigenvalue weighted by Crippen LogP contribution is -2.13. The highest BCUT2D eigenvalue weighted by molar-refractivity contribution is 7.91. The summed E-state index contributed by atoms with van der Waals surface area (Å²) in [5.41, 5.74) is -4.49. The molecule has 0 atom stereocenters. The highest BCUT2D eigenvalue weighted by Crippen LogP contribution is 2.46. The zero-order chi connectivity index (χ0) is 27.4. The molecule has 0 aliphatic carbocycles. The van der Waals surface area contributed by atoms with Gasteiger partial charge in [-0.3, -0.25) is 0 Å². The van der Waals surface area contributed by atoms with Gasteiger partial charge in [-0.1, -0.05) is 0 Å². The van der Waals surface area contributed by atoms with Gasteiger partial charge >= 0.3 is 18.5 Å². The Bertz CT molecular complexity index is 1530. The second kappa shape index (κ2) is 8.71. The van der Waals surface area contributed by atoms with Gasteiger partial charge in [0.05, 0.1) is 26.5 Å². The Hall–Kier alpha value is -3.68. The van der Waals surface area contributed by atoms with Gasteiger partial charge in [-0.2, -0.15) is 39.5 Å². The van der Waals surface area contributed by atoms with Gasteiger partial charge in [0.2, 0.25) is 9.84 Å². The minimum atomic E-state index is -5.23. The Balaban J connectivity index is 1.80. The number of sulfone groups is 1. The molecule has 4 rings (SSSR count). The van der Waals surface area contributed by atoms with E-state index in [0.717, 1.165) is 36.5 Å². The molecule has 14 heteroatoms. The quantitative estimate of drug-likeness (QED) is 0.265. The maximum Gasteiger partial charge on any atom is 0.420 e. The van der Waals surface area contributed by atoms with Gasteiger partial charge in [-0.25, -0.2) is 8.42 Å². The van der Waals surface area contributed by atoms with Crippen molar-refractivity contribution in [3.8, 4) is 11.5 Å². The van der Waals surface area contributed by atoms with Crippen LogP contribution in [0.5, 0.6) is 11.5 Å². The Morgan fingerprint density at radius 2 is 1.32 bits per heavy atom. The summed E-state index contributed by atoms with van der Waals surface area (Å²) in [6, 6.07) is 7.98. The van der Waals surface area contributed by atoms with E-state index in [4.69, 9.17) is 4.74 Å². The molecule has 4 aromatic rings. The van der Waals surface area contributed by atoms with Crippen LogP contribution in [-0.2, 0) is 28.4 Å². The van der Waals surface area contributed by atoms with Crippen molar-refractivity contribution in [3.05, 3.63) is 83.6 Å². The number of H-pyrrole nitrogens is 1. The van der Waals surface area contributed by atoms with Crippen molar-refractivity contribution in [2.24, 2.45) is 0 Å². The van der Waals surface area contributed by atoms with Crippen molar-refractivity contribution < 1.29 is 52.7 Å². The lowest BCUT2D eigenvalue weighted by Gasteiger charge is -2.18. The summed E-state index contributed by atoms with van der Waals surface area (Å²) in [6.45, 7) is 0. The van der Waals surface area contributed by atoms with Crippen molar-refractivity contribution in [3.63, 3.8) is 0 Å². The molecule has 0 unspecified atom stereocenters. The highest BCUT2D eigenvalue weighted by atomic mass is 32.2. The molecule has 0 fully saturated rings. The number of benzene rings is 3. The molecule has 1 N–H and O–H groups in total. The van der Waals surface area contributed by atoms with Gasteiger partial charge in [0.25, 0.3) is 0 Å². The molecule has 4 nitrogen and oxygen atoms in total. The van der Waals surface area contributed by atoms with Crippen LogP contribution in [0.2, 0.25) is 0 Å². The largest absolute Gasteiger partial charge is 0.456 e. The smallest absolute Gasteiger partial charge is 0.420 e. The van der Waals surface area contributed by atoms with Crippen molar-refractivity contribution in [2.45, 2.75) is 28.3 Å². The fourth-order valence-corrected chi connectivity index (χ4v) is 4.86. The molecule has 0 bridgehead atoms. The van der Waals surface area contributed by atoms with Crippen molar-refractivity contribution in [1.29, 1.82) is 0 Å². The first-order valence-electron chi connectivity index (χ1n) is 9.89. The van der Waals surface area contributed by atoms with Crippen LogP contribution in [0.3, 0.4) is 0 Å². The summed E-state index contributed by atoms with van der Waals surface area (Å²) in [5.74, 6) is -2.11. The summed E-state index contributed by atoms with van der Waals surface area (Å²) in [4.78, 5) is 1.57. The van der Waals surface area contributed by atoms with E-state index in [1.807, 2.05) is 0 Å². The number of aromatic amines is 1. The van der Waals surface area contributed by atoms with Gasteiger partial charge in [0.1, 0.15) is 5.75 Å². The zero-order valence-electron chi connectivity index (χ0n) is 17.8. The van der Waals surface area contributed by atoms with Crippen LogP contribution >= 0.6 is 0 Å². The minimum absolute atomic E-state index is 0.117. The number of halogens is 9. The average molecular weight is 552 g/mol. The molecule has 0 amide bonds. The predicted molar refractivity (Wildman–Crippen MR) is 111 cm³/mol. The van der Waals surface area contributed by atoms with Crippen LogP contribution in [0.1, 0.15) is 16.7 Å². The molecule has 1 heterocycles. The second-order valence-electron chi connectivity index (χ2n) is 7.60. The third-order valence-corrected chi connectivity index (χ3v) is 6.98. The fourth-order valence-electron chi connectivity index (χ4n) is 3.44. The summed E-state index contributed by atoms with van der Waals surface area (Å²) < 4.78 is 150. The number of hydrogen-bond donors (Lipinski definition) is 1. The number of alkyl halides is 9. The molecule has 0 saturated heterocycles. The molecule has 0 spiro atoms. The molecule has 195 valence electrons. The van der Waals surface area contributed by atoms with Gasteiger partial charge in [-0.05, 0) is 60.7 Å². The number of aromatic nitrogens is 1. The summed E-state index contributed by atoms with van der Waals surface area (Å²) >= 11 is 0. The summed E-state index contributed by atoms with van der Waals surface area (Å²) in [6.07, 6.45) is -14.2. The third-order valence-electron chi connectivity index (χ3n) is 5.17. The zero-order valence-corrected chi connectivity index (χ0v) is 18.6. The van der Waals surface area contributed by atoms with E-state index in [2.05, 4.69) is 4.98 Å². The van der Waals surface area contributed by atoms with Crippen molar-refractivity contribution in [2.75, 3.05) is 0 Å². The molecule has 0 aliphatic rings. The monoisotopic (exact) mass is 552 g/mol. The molecule has 0 aliphatic heterocycles. The van der Waals surface area contributed by atoms with Gasteiger partial charge in [0, 0.05) is 17.1 Å². The fraction of sp³-hybridized carbons (Fsp3) is 0.130. The van der Waals surface area contributed by atoms with Gasteiger partial charge in [0.15, 0.2) is 5.75 Å². The van der Waals surface area contributed by atoms with E-state index in [0.29, 0.717) is 12.1 Å². The number of fused-ring (bicyclic) bond motifs is 1. The van der Waals surface area contributed by atoms with E-state index in [-0.39, 0.29) is 23.0 Å². The number of hydrogen-bond acceptors (Lipinski definition) is 3. The lowest BCUT2D eigenvalue weighted by molar-refractivity contribution is -0.145. The maximum atomic E-state index is 13.4. The standard InChI is InChI=1S/C23H11F9NO3S/c24-21(25,26)12-4-7-14(8-5-12)37(34,35)19-11-33-18-9-6-13(10-15(18)19)36-20-16(22(27,28)29)2-1-3-17(20)23(30,31)32/h2-11,33H. The summed E-state index contributed by atoms with van der Waals surface area (Å²) in [5, 5.41) is -0.179. The van der Waals surface area contributed by atoms with E-state index in [1.165, 1.54) is 0 Å². The maximum absolute atomic E-state index is 13.4. The van der Waals surface area contributed by atoms with Crippen LogP contribution in [0.25, 0.3) is 10.9 Å². The van der Waals surface area contributed by atoms with Crippen LogP contribution < -0.4 is 4.74 Å². The van der Waals surface area contributed by atoms with Gasteiger partial charge < -0.3 is 9.72 Å². The van der Waals surface area contributed by atoms with Crippen LogP contribution in [0.15, 0.2) is 70.6 Å². The normalized spacial score (nSPS) is 13.2. The molecule has 1 aromatic heterocycles. The molecular weight excluding hydrogens is 541 g/mol. The first-order valence-corrected chi connectivity index (χ1v) is 11.4. The Labute approximate surface area is 202 Å². The molecule has 3 aromatic carbocycles. The first kappa shape index (κ1) is 26.4. The summed E-state index contributed by atoms with van der Waals surface area (Å²) in [7, 11) is -4.46. The Morgan fingerprint density at radius 1 is 0.757 bits per heavy atom. The number of rotatable bonds is 4. The van der Waals surface area contributed by atoms with E-state index in [1.54, 1.807) is 6.07 Å². The van der Waals surface area contributed by atoms with Gasteiger partial charge in [-0.15, -0.1) is 0 Å². The van der Waals surface area contributed by atoms with Crippen molar-refractivity contribution in [1.82, 2.24) is 4.98 Å². The SMILES string of the molecule is O=S(=O)(c1ccc(C(F)(F)F)cc1)c1c[nH]c2ccc(Oc3c(C(F)(F)F)c[c]cc3C(F)(F)F)cc12. The molecule has 1 radical (unpaired) electrons. The average Bonchev–Trinajstić information content (AvgIpc) is 3.21. The predicted octanol–water partition coefficient (Wildman–Crippen LogP) is 7.65. The topological polar surface area (TPSA) is 59.2 Å². The van der Waals surface area contributed by atoms with E-state index in [9.17, 15) is 47.9 Å².